The van der Waals surface area contributed by atoms with E-state index < -0.39 is 38.8 Å². The van der Waals surface area contributed by atoms with Gasteiger partial charge in [-0.15, -0.1) is 0 Å². The highest BCUT2D eigenvalue weighted by Crippen LogP contribution is 2.26. The minimum absolute atomic E-state index is 0.00123. The summed E-state index contributed by atoms with van der Waals surface area (Å²) in [6.07, 6.45) is 1.02. The summed E-state index contributed by atoms with van der Waals surface area (Å²) in [6.45, 7) is 8.17. The number of sulfonamides is 1. The first-order valence-corrected chi connectivity index (χ1v) is 8.04. The molecule has 0 fully saturated rings. The summed E-state index contributed by atoms with van der Waals surface area (Å²) in [7, 11) is -3.41. The van der Waals surface area contributed by atoms with Gasteiger partial charge >= 0.3 is 5.97 Å². The molecule has 3 N–H and O–H groups in total. The molecule has 8 heteroatoms. The third-order valence-electron chi connectivity index (χ3n) is 2.54. The zero-order valence-electron chi connectivity index (χ0n) is 12.8. The summed E-state index contributed by atoms with van der Waals surface area (Å²) in [5, 5.41) is 11.6. The molecule has 0 rings (SSSR count). The third kappa shape index (κ3) is 6.85. The van der Waals surface area contributed by atoms with Gasteiger partial charge in [-0.1, -0.05) is 20.8 Å². The van der Waals surface area contributed by atoms with Crippen LogP contribution in [0.1, 0.15) is 34.6 Å². The molecule has 7 nitrogen and oxygen atoms in total. The zero-order valence-corrected chi connectivity index (χ0v) is 13.6. The molecule has 0 aromatic heterocycles. The first-order chi connectivity index (χ1) is 8.66. The maximum Gasteiger partial charge on any atom is 0.316 e. The van der Waals surface area contributed by atoms with Crippen molar-refractivity contribution in [2.45, 2.75) is 40.2 Å². The van der Waals surface area contributed by atoms with E-state index in [2.05, 4.69) is 10.0 Å². The molecule has 0 spiro atoms. The Hall–Kier alpha value is -1.15. The molecule has 0 radical (unpaired) electrons. The Morgan fingerprint density at radius 1 is 1.15 bits per heavy atom. The van der Waals surface area contributed by atoms with Crippen LogP contribution in [0.4, 0.5) is 0 Å². The van der Waals surface area contributed by atoms with Crippen molar-refractivity contribution in [2.75, 3.05) is 12.8 Å². The maximum atomic E-state index is 12.0. The van der Waals surface area contributed by atoms with Gasteiger partial charge in [0.2, 0.25) is 15.9 Å². The summed E-state index contributed by atoms with van der Waals surface area (Å²) in [5.74, 6) is -3.03. The largest absolute Gasteiger partial charge is 0.481 e. The van der Waals surface area contributed by atoms with E-state index >= 15 is 0 Å². The lowest BCUT2D eigenvalue weighted by Crippen LogP contribution is -2.53. The first kappa shape index (κ1) is 18.9. The predicted octanol–water partition coefficient (Wildman–Crippen LogP) is 0.177. The Bertz CT molecular complexity index is 477. The Morgan fingerprint density at radius 3 is 1.90 bits per heavy atom. The highest BCUT2D eigenvalue weighted by molar-refractivity contribution is 7.88. The first-order valence-electron chi connectivity index (χ1n) is 6.15. The van der Waals surface area contributed by atoms with Crippen molar-refractivity contribution in [3.8, 4) is 0 Å². The normalized spacial score (nSPS) is 14.7. The lowest BCUT2D eigenvalue weighted by atomic mass is 9.80. The van der Waals surface area contributed by atoms with Crippen molar-refractivity contribution >= 4 is 21.9 Å². The van der Waals surface area contributed by atoms with Crippen LogP contribution in [0.15, 0.2) is 0 Å². The molecule has 1 atom stereocenters. The fraction of sp³-hybridized carbons (Fsp3) is 0.833. The van der Waals surface area contributed by atoms with Gasteiger partial charge in [0.05, 0.1) is 6.26 Å². The minimum Gasteiger partial charge on any atom is -0.481 e. The summed E-state index contributed by atoms with van der Waals surface area (Å²) < 4.78 is 24.7. The van der Waals surface area contributed by atoms with E-state index in [1.54, 1.807) is 34.6 Å². The highest BCUT2D eigenvalue weighted by Gasteiger charge is 2.38. The Kier molecular flexibility index (Phi) is 5.74. The second-order valence-corrected chi connectivity index (χ2v) is 8.36. The number of carboxylic acids is 1. The molecule has 118 valence electrons. The van der Waals surface area contributed by atoms with Gasteiger partial charge in [0, 0.05) is 12.1 Å². The number of carboxylic acid groups (broad SMARTS) is 1. The van der Waals surface area contributed by atoms with Gasteiger partial charge < -0.3 is 10.4 Å². The Morgan fingerprint density at radius 2 is 1.60 bits per heavy atom. The van der Waals surface area contributed by atoms with Crippen LogP contribution >= 0.6 is 0 Å². The van der Waals surface area contributed by atoms with Crippen molar-refractivity contribution < 1.29 is 23.1 Å². The highest BCUT2D eigenvalue weighted by atomic mass is 32.2. The molecule has 0 aliphatic carbocycles. The van der Waals surface area contributed by atoms with E-state index in [1.807, 2.05) is 0 Å². The number of aliphatic carboxylic acids is 1. The molecular weight excluding hydrogens is 284 g/mol. The van der Waals surface area contributed by atoms with E-state index in [9.17, 15) is 18.0 Å². The topological polar surface area (TPSA) is 113 Å². The monoisotopic (exact) mass is 308 g/mol. The van der Waals surface area contributed by atoms with Crippen molar-refractivity contribution in [1.29, 1.82) is 0 Å². The number of hydrogen-bond acceptors (Lipinski definition) is 4. The van der Waals surface area contributed by atoms with Crippen molar-refractivity contribution in [2.24, 2.45) is 11.3 Å². The van der Waals surface area contributed by atoms with E-state index in [4.69, 9.17) is 5.11 Å². The van der Waals surface area contributed by atoms with Gasteiger partial charge in [-0.3, -0.25) is 9.59 Å². The smallest absolute Gasteiger partial charge is 0.316 e. The lowest BCUT2D eigenvalue weighted by molar-refractivity contribution is -0.151. The molecule has 0 heterocycles. The second kappa shape index (κ2) is 6.09. The van der Waals surface area contributed by atoms with Gasteiger partial charge in [0.1, 0.15) is 5.92 Å². The van der Waals surface area contributed by atoms with E-state index in [1.165, 1.54) is 0 Å². The molecule has 0 aromatic rings. The molecule has 1 unspecified atom stereocenters. The predicted molar refractivity (Wildman–Crippen MR) is 75.6 cm³/mol. The fourth-order valence-corrected chi connectivity index (χ4v) is 2.90. The van der Waals surface area contributed by atoms with Crippen molar-refractivity contribution in [1.82, 2.24) is 10.0 Å². The molecule has 0 saturated heterocycles. The fourth-order valence-electron chi connectivity index (χ4n) is 1.82. The maximum absolute atomic E-state index is 12.0. The van der Waals surface area contributed by atoms with E-state index in [0.29, 0.717) is 0 Å². The molecular formula is C12H24N2O5S. The van der Waals surface area contributed by atoms with Gasteiger partial charge in [-0.2, -0.15) is 0 Å². The SMILES string of the molecule is CC(C)(CNC(=O)C(C(=O)O)C(C)(C)C)NS(C)(=O)=O. The number of hydrogen-bond donors (Lipinski definition) is 3. The number of nitrogens with one attached hydrogen (secondary N) is 2. The van der Waals surface area contributed by atoms with Crippen molar-refractivity contribution in [3.05, 3.63) is 0 Å². The van der Waals surface area contributed by atoms with Crippen LogP contribution in [0.25, 0.3) is 0 Å². The third-order valence-corrected chi connectivity index (χ3v) is 3.46. The zero-order chi connectivity index (χ0) is 16.4. The standard InChI is InChI=1S/C12H24N2O5S/c1-11(2,3)8(10(16)17)9(15)13-7-12(4,5)14-20(6,18)19/h8,14H,7H2,1-6H3,(H,13,15)(H,16,17). The van der Waals surface area contributed by atoms with Crippen molar-refractivity contribution in [3.63, 3.8) is 0 Å². The van der Waals surface area contributed by atoms with Crippen LogP contribution in [0.3, 0.4) is 0 Å². The Labute approximate surface area is 120 Å². The average molecular weight is 308 g/mol. The summed E-state index contributed by atoms with van der Waals surface area (Å²) in [4.78, 5) is 23.1. The summed E-state index contributed by atoms with van der Waals surface area (Å²) >= 11 is 0. The number of amides is 1. The molecule has 0 aliphatic rings. The summed E-state index contributed by atoms with van der Waals surface area (Å²) in [6, 6.07) is 0. The van der Waals surface area contributed by atoms with Crippen LogP contribution in [0.2, 0.25) is 0 Å². The molecule has 0 aliphatic heterocycles. The molecule has 0 aromatic carbocycles. The number of carbonyl (C=O) groups excluding carboxylic acids is 1. The second-order valence-electron chi connectivity index (χ2n) is 6.61. The lowest BCUT2D eigenvalue weighted by Gasteiger charge is -2.29. The van der Waals surface area contributed by atoms with Gasteiger partial charge in [-0.25, -0.2) is 13.1 Å². The quantitative estimate of drug-likeness (QED) is 0.606. The molecule has 1 amide bonds. The van der Waals surface area contributed by atoms with Gasteiger partial charge in [0.15, 0.2) is 0 Å². The molecule has 0 saturated carbocycles. The van der Waals surface area contributed by atoms with E-state index in [0.717, 1.165) is 6.26 Å². The minimum atomic E-state index is -3.41. The summed E-state index contributed by atoms with van der Waals surface area (Å²) in [5.41, 5.74) is -1.63. The number of rotatable bonds is 6. The molecule has 0 bridgehead atoms. The van der Waals surface area contributed by atoms with Crippen LogP contribution in [-0.4, -0.2) is 43.7 Å². The van der Waals surface area contributed by atoms with Crippen LogP contribution in [0, 0.1) is 11.3 Å². The van der Waals surface area contributed by atoms with Crippen LogP contribution < -0.4 is 10.0 Å². The Balaban J connectivity index is 4.81. The van der Waals surface area contributed by atoms with E-state index in [-0.39, 0.29) is 6.54 Å². The van der Waals surface area contributed by atoms with Gasteiger partial charge in [0.25, 0.3) is 0 Å². The number of carbonyl (C=O) groups is 2. The van der Waals surface area contributed by atoms with Gasteiger partial charge in [-0.05, 0) is 19.3 Å². The average Bonchev–Trinajstić information content (AvgIpc) is 2.07. The molecule has 20 heavy (non-hydrogen) atoms. The van der Waals surface area contributed by atoms with Crippen LogP contribution in [0.5, 0.6) is 0 Å². The van der Waals surface area contributed by atoms with Crippen LogP contribution in [-0.2, 0) is 19.6 Å².